The number of anilines is 1. The van der Waals surface area contributed by atoms with Gasteiger partial charge in [0.05, 0.1) is 29.2 Å². The normalized spacial score (nSPS) is 24.9. The SMILES string of the molecule is CN1CCN(c2ccc(-n3cnnc3[C@@H]3O[C@H](CO)[C@H](O)[C@H](n4cc(-c5cc(F)c(F)c(F)c5)nn4)[C@H]3O)cc2Cl)CC1. The number of likely N-dealkylation sites (N-methyl/N-ethyl adjacent to an activating group) is 1. The van der Waals surface area contributed by atoms with Gasteiger partial charge in [-0.1, -0.05) is 16.8 Å². The number of aromatic nitrogens is 6. The van der Waals surface area contributed by atoms with E-state index in [4.69, 9.17) is 16.3 Å². The lowest BCUT2D eigenvalue weighted by molar-refractivity contribution is -0.210. The third-order valence-corrected chi connectivity index (χ3v) is 8.17. The summed E-state index contributed by atoms with van der Waals surface area (Å²) in [4.78, 5) is 4.44. The molecule has 0 saturated carbocycles. The van der Waals surface area contributed by atoms with E-state index < -0.39 is 54.5 Å². The maximum atomic E-state index is 13.8. The summed E-state index contributed by atoms with van der Waals surface area (Å²) in [6, 6.07) is 5.75. The van der Waals surface area contributed by atoms with E-state index in [-0.39, 0.29) is 17.1 Å². The van der Waals surface area contributed by atoms with Gasteiger partial charge < -0.3 is 29.9 Å². The van der Waals surface area contributed by atoms with Crippen molar-refractivity contribution in [1.29, 1.82) is 0 Å². The minimum atomic E-state index is -1.63. The summed E-state index contributed by atoms with van der Waals surface area (Å²) in [5, 5.41) is 48.9. The Balaban J connectivity index is 1.30. The smallest absolute Gasteiger partial charge is 0.194 e. The van der Waals surface area contributed by atoms with Crippen LogP contribution in [-0.4, -0.2) is 108 Å². The Morgan fingerprint density at radius 2 is 1.72 bits per heavy atom. The van der Waals surface area contributed by atoms with Crippen LogP contribution in [0.3, 0.4) is 0 Å². The molecular weight excluding hydrogens is 593 g/mol. The van der Waals surface area contributed by atoms with Crippen LogP contribution in [0.15, 0.2) is 42.9 Å². The van der Waals surface area contributed by atoms with Gasteiger partial charge in [-0.2, -0.15) is 0 Å². The van der Waals surface area contributed by atoms with Gasteiger partial charge in [-0.05, 0) is 37.4 Å². The molecule has 228 valence electrons. The molecule has 4 aromatic rings. The van der Waals surface area contributed by atoms with Gasteiger partial charge in [0.1, 0.15) is 42.5 Å². The van der Waals surface area contributed by atoms with Crippen LogP contribution in [0.25, 0.3) is 16.9 Å². The first-order valence-corrected chi connectivity index (χ1v) is 13.9. The Hall–Kier alpha value is -3.60. The zero-order chi connectivity index (χ0) is 30.4. The van der Waals surface area contributed by atoms with Crippen molar-refractivity contribution in [2.24, 2.45) is 0 Å². The van der Waals surface area contributed by atoms with E-state index in [1.54, 1.807) is 10.6 Å². The van der Waals surface area contributed by atoms with Gasteiger partial charge in [0.2, 0.25) is 0 Å². The molecule has 5 atom stereocenters. The van der Waals surface area contributed by atoms with Gasteiger partial charge in [-0.25, -0.2) is 17.9 Å². The average molecular weight is 621 g/mol. The minimum Gasteiger partial charge on any atom is -0.394 e. The first kappa shape index (κ1) is 29.5. The van der Waals surface area contributed by atoms with Gasteiger partial charge in [-0.3, -0.25) is 4.57 Å². The highest BCUT2D eigenvalue weighted by Crippen LogP contribution is 2.39. The van der Waals surface area contributed by atoms with Crippen molar-refractivity contribution in [2.75, 3.05) is 44.7 Å². The van der Waals surface area contributed by atoms with Crippen LogP contribution in [0.5, 0.6) is 0 Å². The second-order valence-corrected chi connectivity index (χ2v) is 11.0. The number of aliphatic hydroxyl groups excluding tert-OH is 3. The standard InChI is InChI=1S/C27H28ClF3N8O4/c1-36-4-6-37(7-5-36)20-3-2-15(10-16(20)28)38-13-32-34-27(38)26-25(42)23(24(41)21(12-40)43-26)39-11-19(33-35-39)14-8-17(29)22(31)18(30)9-14/h2-3,8-11,13,21,23-26,40-42H,4-7,12H2,1H3/t21-,23+,24+,25-,26-/m1/s1. The molecular formula is C27H28ClF3N8O4. The first-order chi connectivity index (χ1) is 20.7. The molecule has 0 bridgehead atoms. The summed E-state index contributed by atoms with van der Waals surface area (Å²) in [5.41, 5.74) is 1.32. The minimum absolute atomic E-state index is 0.0426. The number of benzene rings is 2. The molecule has 12 nitrogen and oxygen atoms in total. The lowest BCUT2D eigenvalue weighted by atomic mass is 9.92. The van der Waals surface area contributed by atoms with E-state index in [0.717, 1.165) is 48.7 Å². The highest BCUT2D eigenvalue weighted by Gasteiger charge is 2.48. The van der Waals surface area contributed by atoms with E-state index in [9.17, 15) is 28.5 Å². The largest absolute Gasteiger partial charge is 0.394 e. The van der Waals surface area contributed by atoms with Crippen LogP contribution in [0.4, 0.5) is 18.9 Å². The monoisotopic (exact) mass is 620 g/mol. The average Bonchev–Trinajstić information content (AvgIpc) is 3.67. The molecule has 43 heavy (non-hydrogen) atoms. The van der Waals surface area contributed by atoms with Crippen LogP contribution in [0.2, 0.25) is 5.02 Å². The molecule has 2 aliphatic rings. The number of nitrogens with zero attached hydrogens (tertiary/aromatic N) is 8. The summed E-state index contributed by atoms with van der Waals surface area (Å²) >= 11 is 6.69. The highest BCUT2D eigenvalue weighted by atomic mass is 35.5. The molecule has 2 fully saturated rings. The van der Waals surface area contributed by atoms with Crippen molar-refractivity contribution >= 4 is 17.3 Å². The molecule has 16 heteroatoms. The molecule has 6 rings (SSSR count). The number of ether oxygens (including phenoxy) is 1. The third kappa shape index (κ3) is 5.47. The van der Waals surface area contributed by atoms with Gasteiger partial charge in [0.15, 0.2) is 23.3 Å². The Bertz CT molecular complexity index is 1590. The Morgan fingerprint density at radius 3 is 2.40 bits per heavy atom. The fourth-order valence-electron chi connectivity index (χ4n) is 5.47. The Kier molecular flexibility index (Phi) is 8.10. The summed E-state index contributed by atoms with van der Waals surface area (Å²) in [6.07, 6.45) is -2.70. The van der Waals surface area contributed by atoms with E-state index >= 15 is 0 Å². The van der Waals surface area contributed by atoms with Crippen molar-refractivity contribution in [3.63, 3.8) is 0 Å². The predicted octanol–water partition coefficient (Wildman–Crippen LogP) is 1.74. The number of rotatable bonds is 6. The van der Waals surface area contributed by atoms with E-state index in [0.29, 0.717) is 10.7 Å². The fraction of sp³-hybridized carbons (Fsp3) is 0.407. The Labute approximate surface area is 248 Å². The molecule has 2 aromatic carbocycles. The topological polar surface area (TPSA) is 138 Å². The molecule has 2 aromatic heterocycles. The number of piperazine rings is 1. The second kappa shape index (κ2) is 11.8. The summed E-state index contributed by atoms with van der Waals surface area (Å²) in [7, 11) is 2.07. The summed E-state index contributed by atoms with van der Waals surface area (Å²) in [5.74, 6) is -4.28. The Morgan fingerprint density at radius 1 is 1.00 bits per heavy atom. The predicted molar refractivity (Wildman–Crippen MR) is 147 cm³/mol. The molecule has 4 heterocycles. The maximum absolute atomic E-state index is 13.8. The van der Waals surface area contributed by atoms with Gasteiger partial charge in [0, 0.05) is 31.7 Å². The van der Waals surface area contributed by atoms with E-state index in [1.807, 2.05) is 12.1 Å². The van der Waals surface area contributed by atoms with Crippen LogP contribution in [0.1, 0.15) is 18.0 Å². The fourth-order valence-corrected chi connectivity index (χ4v) is 5.77. The highest BCUT2D eigenvalue weighted by molar-refractivity contribution is 6.33. The molecule has 2 saturated heterocycles. The second-order valence-electron chi connectivity index (χ2n) is 10.6. The molecule has 3 N–H and O–H groups in total. The van der Waals surface area contributed by atoms with Crippen LogP contribution in [-0.2, 0) is 4.74 Å². The zero-order valence-electron chi connectivity index (χ0n) is 22.8. The number of hydrogen-bond donors (Lipinski definition) is 3. The van der Waals surface area contributed by atoms with Crippen LogP contribution < -0.4 is 4.90 Å². The zero-order valence-corrected chi connectivity index (χ0v) is 23.6. The van der Waals surface area contributed by atoms with Crippen molar-refractivity contribution in [3.8, 4) is 16.9 Å². The van der Waals surface area contributed by atoms with Gasteiger partial charge >= 0.3 is 0 Å². The van der Waals surface area contributed by atoms with Crippen LogP contribution >= 0.6 is 11.6 Å². The third-order valence-electron chi connectivity index (χ3n) is 7.87. The van der Waals surface area contributed by atoms with Gasteiger partial charge in [-0.15, -0.1) is 15.3 Å². The van der Waals surface area contributed by atoms with Gasteiger partial charge in [0.25, 0.3) is 0 Å². The molecule has 0 aliphatic carbocycles. The first-order valence-electron chi connectivity index (χ1n) is 13.5. The van der Waals surface area contributed by atoms with Crippen molar-refractivity contribution in [1.82, 2.24) is 34.7 Å². The van der Waals surface area contributed by atoms with E-state index in [2.05, 4.69) is 37.4 Å². The molecule has 0 amide bonds. The summed E-state index contributed by atoms with van der Waals surface area (Å²) in [6.45, 7) is 2.87. The quantitative estimate of drug-likeness (QED) is 0.273. The number of hydrogen-bond acceptors (Lipinski definition) is 10. The summed E-state index contributed by atoms with van der Waals surface area (Å²) < 4.78 is 49.7. The van der Waals surface area contributed by atoms with Crippen LogP contribution in [0, 0.1) is 17.5 Å². The number of halogens is 4. The van der Waals surface area contributed by atoms with Crippen molar-refractivity contribution < 1.29 is 33.2 Å². The maximum Gasteiger partial charge on any atom is 0.194 e. The molecule has 2 aliphatic heterocycles. The van der Waals surface area contributed by atoms with Crippen molar-refractivity contribution in [3.05, 3.63) is 71.2 Å². The van der Waals surface area contributed by atoms with E-state index in [1.165, 1.54) is 12.5 Å². The lowest BCUT2D eigenvalue weighted by Crippen LogP contribution is -2.53. The van der Waals surface area contributed by atoms with Crippen molar-refractivity contribution in [2.45, 2.75) is 30.5 Å². The number of aliphatic hydroxyl groups is 3. The molecule has 0 radical (unpaired) electrons. The lowest BCUT2D eigenvalue weighted by Gasteiger charge is -2.41. The molecule has 0 spiro atoms. The molecule has 0 unspecified atom stereocenters.